The minimum absolute atomic E-state index is 0.0823. The molecule has 1 aromatic carbocycles. The molecule has 2 N–H and O–H groups in total. The summed E-state index contributed by atoms with van der Waals surface area (Å²) in [5, 5.41) is 13.2. The molecule has 0 aliphatic carbocycles. The molecule has 0 saturated carbocycles. The number of nitrogens with one attached hydrogen (secondary N) is 1. The van der Waals surface area contributed by atoms with E-state index in [4.69, 9.17) is 0 Å². The van der Waals surface area contributed by atoms with Gasteiger partial charge in [-0.3, -0.25) is 9.59 Å². The number of rotatable bonds is 5. The molecule has 0 bridgehead atoms. The first-order valence-electron chi connectivity index (χ1n) is 10.8. The van der Waals surface area contributed by atoms with Gasteiger partial charge in [0.25, 0.3) is 0 Å². The molecule has 1 aliphatic heterocycles. The Morgan fingerprint density at radius 3 is 2.42 bits per heavy atom. The van der Waals surface area contributed by atoms with Crippen LogP contribution in [0.1, 0.15) is 58.3 Å². The van der Waals surface area contributed by atoms with Gasteiger partial charge >= 0.3 is 0 Å². The largest absolute Gasteiger partial charge is 0.391 e. The van der Waals surface area contributed by atoms with Gasteiger partial charge in [-0.15, -0.1) is 11.3 Å². The zero-order valence-corrected chi connectivity index (χ0v) is 20.0. The molecule has 2 amide bonds. The fourth-order valence-electron chi connectivity index (χ4n) is 3.82. The van der Waals surface area contributed by atoms with Gasteiger partial charge in [0.05, 0.1) is 28.2 Å². The number of aliphatic hydroxyl groups is 1. The Morgan fingerprint density at radius 1 is 1.23 bits per heavy atom. The van der Waals surface area contributed by atoms with Crippen molar-refractivity contribution in [1.29, 1.82) is 0 Å². The van der Waals surface area contributed by atoms with Gasteiger partial charge in [-0.25, -0.2) is 4.98 Å². The van der Waals surface area contributed by atoms with Crippen molar-refractivity contribution >= 4 is 23.2 Å². The van der Waals surface area contributed by atoms with Crippen LogP contribution < -0.4 is 5.32 Å². The second-order valence-electron chi connectivity index (χ2n) is 9.60. The van der Waals surface area contributed by atoms with Crippen LogP contribution in [0.5, 0.6) is 0 Å². The molecule has 1 aliphatic rings. The van der Waals surface area contributed by atoms with Crippen molar-refractivity contribution in [2.75, 3.05) is 6.54 Å². The van der Waals surface area contributed by atoms with Crippen LogP contribution in [-0.4, -0.2) is 45.5 Å². The van der Waals surface area contributed by atoms with E-state index in [-0.39, 0.29) is 42.2 Å². The third kappa shape index (κ3) is 5.15. The SMILES string of the molecule is Cc1ncsc1-c1ccc(C(C)NC(=O)[C@@H]2C[C@@H](O)CN2C(=O)[C@@H](C)C(C)(C)C)cc1. The van der Waals surface area contributed by atoms with E-state index in [9.17, 15) is 14.7 Å². The summed E-state index contributed by atoms with van der Waals surface area (Å²) in [7, 11) is 0. The van der Waals surface area contributed by atoms with Crippen molar-refractivity contribution in [3.05, 3.63) is 41.0 Å². The Hall–Kier alpha value is -2.25. The average molecular weight is 444 g/mol. The Morgan fingerprint density at radius 2 is 1.87 bits per heavy atom. The van der Waals surface area contributed by atoms with E-state index in [2.05, 4.69) is 10.3 Å². The lowest BCUT2D eigenvalue weighted by Gasteiger charge is -2.33. The Kier molecular flexibility index (Phi) is 6.86. The molecule has 2 heterocycles. The normalized spacial score (nSPS) is 21.1. The van der Waals surface area contributed by atoms with Gasteiger partial charge in [0.15, 0.2) is 0 Å². The van der Waals surface area contributed by atoms with Gasteiger partial charge in [-0.2, -0.15) is 0 Å². The number of amides is 2. The molecule has 6 nitrogen and oxygen atoms in total. The van der Waals surface area contributed by atoms with Crippen molar-refractivity contribution in [3.63, 3.8) is 0 Å². The van der Waals surface area contributed by atoms with Crippen LogP contribution in [0.4, 0.5) is 0 Å². The van der Waals surface area contributed by atoms with Crippen LogP contribution in [0.2, 0.25) is 0 Å². The molecule has 31 heavy (non-hydrogen) atoms. The fraction of sp³-hybridized carbons (Fsp3) is 0.542. The van der Waals surface area contributed by atoms with Crippen molar-refractivity contribution in [1.82, 2.24) is 15.2 Å². The summed E-state index contributed by atoms with van der Waals surface area (Å²) in [5.41, 5.74) is 4.73. The number of aliphatic hydroxyl groups excluding tert-OH is 1. The standard InChI is InChI=1S/C24H33N3O3S/c1-14(24(4,5)6)23(30)27-12-19(28)11-20(27)22(29)26-15(2)17-7-9-18(10-8-17)21-16(3)25-13-31-21/h7-10,13-15,19-20,28H,11-12H2,1-6H3,(H,26,29)/t14-,15?,19-,20+/m1/s1. The molecule has 7 heteroatoms. The number of hydrogen-bond donors (Lipinski definition) is 2. The maximum atomic E-state index is 13.0. The summed E-state index contributed by atoms with van der Waals surface area (Å²) in [4.78, 5) is 33.0. The third-order valence-corrected chi connectivity index (χ3v) is 7.29. The van der Waals surface area contributed by atoms with E-state index in [1.807, 2.05) is 71.3 Å². The van der Waals surface area contributed by atoms with E-state index in [1.165, 1.54) is 0 Å². The van der Waals surface area contributed by atoms with Gasteiger partial charge < -0.3 is 15.3 Å². The summed E-state index contributed by atoms with van der Waals surface area (Å²) < 4.78 is 0. The number of benzene rings is 1. The highest BCUT2D eigenvalue weighted by molar-refractivity contribution is 7.13. The molecular weight excluding hydrogens is 410 g/mol. The molecule has 1 aromatic heterocycles. The molecular formula is C24H33N3O3S. The Bertz CT molecular complexity index is 932. The highest BCUT2D eigenvalue weighted by atomic mass is 32.1. The molecule has 1 saturated heterocycles. The summed E-state index contributed by atoms with van der Waals surface area (Å²) in [6.45, 7) is 12.0. The van der Waals surface area contributed by atoms with Gasteiger partial charge in [-0.05, 0) is 30.4 Å². The number of likely N-dealkylation sites (tertiary alicyclic amines) is 1. The molecule has 2 aromatic rings. The van der Waals surface area contributed by atoms with Gasteiger partial charge in [-0.1, -0.05) is 52.0 Å². The number of β-amino-alcohol motifs (C(OH)–C–C–N with tert-alkyl or cyclic N) is 1. The van der Waals surface area contributed by atoms with Crippen molar-refractivity contribution < 1.29 is 14.7 Å². The predicted molar refractivity (Wildman–Crippen MR) is 124 cm³/mol. The zero-order chi connectivity index (χ0) is 22.9. The number of carbonyl (C=O) groups is 2. The molecule has 168 valence electrons. The van der Waals surface area contributed by atoms with Crippen LogP contribution in [0, 0.1) is 18.3 Å². The van der Waals surface area contributed by atoms with E-state index in [0.29, 0.717) is 0 Å². The first-order valence-corrected chi connectivity index (χ1v) is 11.7. The van der Waals surface area contributed by atoms with Crippen molar-refractivity contribution in [2.24, 2.45) is 11.3 Å². The smallest absolute Gasteiger partial charge is 0.243 e. The number of nitrogens with zero attached hydrogens (tertiary/aromatic N) is 2. The van der Waals surface area contributed by atoms with Crippen LogP contribution >= 0.6 is 11.3 Å². The predicted octanol–water partition coefficient (Wildman–Crippen LogP) is 3.94. The molecule has 0 spiro atoms. The second kappa shape index (κ2) is 9.09. The van der Waals surface area contributed by atoms with E-state index in [1.54, 1.807) is 16.2 Å². The first kappa shape index (κ1) is 23.4. The topological polar surface area (TPSA) is 82.5 Å². The van der Waals surface area contributed by atoms with E-state index in [0.717, 1.165) is 21.7 Å². The lowest BCUT2D eigenvalue weighted by atomic mass is 9.81. The lowest BCUT2D eigenvalue weighted by molar-refractivity contribution is -0.144. The average Bonchev–Trinajstić information content (AvgIpc) is 3.31. The van der Waals surface area contributed by atoms with E-state index < -0.39 is 12.1 Å². The maximum Gasteiger partial charge on any atom is 0.243 e. The molecule has 3 rings (SSSR count). The fourth-order valence-corrected chi connectivity index (χ4v) is 4.63. The number of aryl methyl sites for hydroxylation is 1. The van der Waals surface area contributed by atoms with Gasteiger partial charge in [0.1, 0.15) is 6.04 Å². The number of aromatic nitrogens is 1. The third-order valence-electron chi connectivity index (χ3n) is 6.31. The van der Waals surface area contributed by atoms with Crippen LogP contribution in [0.25, 0.3) is 10.4 Å². The monoisotopic (exact) mass is 443 g/mol. The molecule has 1 unspecified atom stereocenters. The summed E-state index contributed by atoms with van der Waals surface area (Å²) in [6.07, 6.45) is -0.408. The summed E-state index contributed by atoms with van der Waals surface area (Å²) in [5.74, 6) is -0.546. The van der Waals surface area contributed by atoms with E-state index >= 15 is 0 Å². The number of carbonyl (C=O) groups excluding carboxylic acids is 2. The summed E-state index contributed by atoms with van der Waals surface area (Å²) in [6, 6.07) is 7.24. The number of thiazole rings is 1. The van der Waals surface area contributed by atoms with Crippen LogP contribution in [0.15, 0.2) is 29.8 Å². The number of hydrogen-bond acceptors (Lipinski definition) is 5. The second-order valence-corrected chi connectivity index (χ2v) is 10.5. The Balaban J connectivity index is 1.69. The zero-order valence-electron chi connectivity index (χ0n) is 19.2. The van der Waals surface area contributed by atoms with Crippen molar-refractivity contribution in [3.8, 4) is 10.4 Å². The highest BCUT2D eigenvalue weighted by Crippen LogP contribution is 2.31. The Labute approximate surface area is 188 Å². The molecule has 1 fully saturated rings. The van der Waals surface area contributed by atoms with Crippen LogP contribution in [0.3, 0.4) is 0 Å². The minimum atomic E-state index is -0.677. The lowest BCUT2D eigenvalue weighted by Crippen LogP contribution is -2.49. The van der Waals surface area contributed by atoms with Gasteiger partial charge in [0, 0.05) is 18.9 Å². The molecule has 0 radical (unpaired) electrons. The van der Waals surface area contributed by atoms with Crippen molar-refractivity contribution in [2.45, 2.75) is 66.2 Å². The quantitative estimate of drug-likeness (QED) is 0.733. The van der Waals surface area contributed by atoms with Gasteiger partial charge in [0.2, 0.25) is 11.8 Å². The highest BCUT2D eigenvalue weighted by Gasteiger charge is 2.42. The summed E-state index contributed by atoms with van der Waals surface area (Å²) >= 11 is 1.61. The molecule has 4 atom stereocenters. The maximum absolute atomic E-state index is 13.0. The minimum Gasteiger partial charge on any atom is -0.391 e. The van der Waals surface area contributed by atoms with Crippen LogP contribution in [-0.2, 0) is 9.59 Å². The first-order chi connectivity index (χ1) is 14.5.